The summed E-state index contributed by atoms with van der Waals surface area (Å²) in [6.45, 7) is 6.78. The summed E-state index contributed by atoms with van der Waals surface area (Å²) < 4.78 is 10.8. The highest BCUT2D eigenvalue weighted by Crippen LogP contribution is 2.21. The van der Waals surface area contributed by atoms with Crippen LogP contribution in [0.2, 0.25) is 0 Å². The number of methoxy groups -OCH3 is 1. The Morgan fingerprint density at radius 2 is 2.00 bits per heavy atom. The number of rotatable bonds is 4. The number of ether oxygens (including phenoxy) is 2. The third kappa shape index (κ3) is 2.74. The predicted octanol–water partition coefficient (Wildman–Crippen LogP) is 2.72. The molecule has 1 aromatic rings. The molecule has 0 bridgehead atoms. The van der Waals surface area contributed by atoms with Crippen molar-refractivity contribution < 1.29 is 9.47 Å². The van der Waals surface area contributed by atoms with Gasteiger partial charge < -0.3 is 9.47 Å². The number of hydrogen-bond acceptors (Lipinski definition) is 2. The maximum absolute atomic E-state index is 5.74. The summed E-state index contributed by atoms with van der Waals surface area (Å²) in [5.41, 5.74) is 2.46. The molecular weight excluding hydrogens is 176 g/mol. The third-order valence-corrected chi connectivity index (χ3v) is 2.28. The van der Waals surface area contributed by atoms with Gasteiger partial charge in [0.05, 0.1) is 6.61 Å². The Labute approximate surface area is 85.8 Å². The van der Waals surface area contributed by atoms with Gasteiger partial charge in [-0.05, 0) is 38.0 Å². The Bertz CT molecular complexity index is 294. The highest BCUT2D eigenvalue weighted by molar-refractivity contribution is 5.38. The van der Waals surface area contributed by atoms with E-state index in [2.05, 4.69) is 19.9 Å². The molecule has 1 atom stereocenters. The molecule has 0 aliphatic carbocycles. The lowest BCUT2D eigenvalue weighted by Gasteiger charge is -2.16. The minimum absolute atomic E-state index is 0.0977. The van der Waals surface area contributed by atoms with Crippen molar-refractivity contribution in [2.24, 2.45) is 0 Å². The molecule has 0 heterocycles. The summed E-state index contributed by atoms with van der Waals surface area (Å²) in [4.78, 5) is 0. The maximum atomic E-state index is 5.74. The van der Waals surface area contributed by atoms with E-state index in [1.165, 1.54) is 11.1 Å². The summed E-state index contributed by atoms with van der Waals surface area (Å²) in [5, 5.41) is 0. The Morgan fingerprint density at radius 3 is 2.64 bits per heavy atom. The fourth-order valence-electron chi connectivity index (χ4n) is 1.34. The van der Waals surface area contributed by atoms with Crippen LogP contribution in [0.15, 0.2) is 18.2 Å². The van der Waals surface area contributed by atoms with Gasteiger partial charge in [0.2, 0.25) is 0 Å². The monoisotopic (exact) mass is 194 g/mol. The summed E-state index contributed by atoms with van der Waals surface area (Å²) in [5.74, 6) is 0.953. The zero-order valence-electron chi connectivity index (χ0n) is 9.33. The molecular formula is C12H18O2. The van der Waals surface area contributed by atoms with Crippen LogP contribution >= 0.6 is 0 Å². The van der Waals surface area contributed by atoms with E-state index < -0.39 is 0 Å². The van der Waals surface area contributed by atoms with Crippen molar-refractivity contribution in [3.8, 4) is 5.75 Å². The summed E-state index contributed by atoms with van der Waals surface area (Å²) >= 11 is 0. The molecule has 1 unspecified atom stereocenters. The van der Waals surface area contributed by atoms with Crippen LogP contribution in [-0.4, -0.2) is 19.8 Å². The smallest absolute Gasteiger partial charge is 0.123 e. The normalized spacial score (nSPS) is 12.6. The van der Waals surface area contributed by atoms with E-state index in [1.807, 2.05) is 19.1 Å². The van der Waals surface area contributed by atoms with Gasteiger partial charge in [-0.1, -0.05) is 12.1 Å². The lowest BCUT2D eigenvalue weighted by molar-refractivity contribution is 0.0916. The van der Waals surface area contributed by atoms with E-state index >= 15 is 0 Å². The second-order valence-electron chi connectivity index (χ2n) is 3.58. The second-order valence-corrected chi connectivity index (χ2v) is 3.58. The van der Waals surface area contributed by atoms with Gasteiger partial charge in [0.25, 0.3) is 0 Å². The fraction of sp³-hybridized carbons (Fsp3) is 0.500. The molecule has 0 saturated heterocycles. The molecule has 0 spiro atoms. The first-order valence-corrected chi connectivity index (χ1v) is 4.87. The summed E-state index contributed by atoms with van der Waals surface area (Å²) in [7, 11) is 1.68. The van der Waals surface area contributed by atoms with E-state index in [0.717, 1.165) is 5.75 Å². The van der Waals surface area contributed by atoms with E-state index in [-0.39, 0.29) is 6.10 Å². The lowest BCUT2D eigenvalue weighted by Crippen LogP contribution is -2.18. The van der Waals surface area contributed by atoms with Gasteiger partial charge in [-0.2, -0.15) is 0 Å². The standard InChI is InChI=1S/C12H18O2/c1-9-6-5-7-12(11(9)3)14-10(2)8-13-4/h5-7,10H,8H2,1-4H3. The van der Waals surface area contributed by atoms with Crippen LogP contribution in [0.3, 0.4) is 0 Å². The minimum atomic E-state index is 0.0977. The Balaban J connectivity index is 2.71. The first-order valence-electron chi connectivity index (χ1n) is 4.87. The van der Waals surface area contributed by atoms with Crippen molar-refractivity contribution in [1.82, 2.24) is 0 Å². The van der Waals surface area contributed by atoms with Crippen molar-refractivity contribution in [2.45, 2.75) is 26.9 Å². The number of hydrogen-bond donors (Lipinski definition) is 0. The summed E-state index contributed by atoms with van der Waals surface area (Å²) in [6.07, 6.45) is 0.0977. The van der Waals surface area contributed by atoms with E-state index in [4.69, 9.17) is 9.47 Å². The van der Waals surface area contributed by atoms with Crippen LogP contribution in [0.4, 0.5) is 0 Å². The van der Waals surface area contributed by atoms with Crippen molar-refractivity contribution in [3.63, 3.8) is 0 Å². The van der Waals surface area contributed by atoms with E-state index in [9.17, 15) is 0 Å². The van der Waals surface area contributed by atoms with Gasteiger partial charge in [0, 0.05) is 7.11 Å². The average Bonchev–Trinajstić information content (AvgIpc) is 2.13. The molecule has 0 fully saturated rings. The van der Waals surface area contributed by atoms with Crippen LogP contribution in [0.25, 0.3) is 0 Å². The Hall–Kier alpha value is -1.02. The van der Waals surface area contributed by atoms with Crippen molar-refractivity contribution >= 4 is 0 Å². The molecule has 14 heavy (non-hydrogen) atoms. The quantitative estimate of drug-likeness (QED) is 0.733. The zero-order chi connectivity index (χ0) is 10.6. The molecule has 0 N–H and O–H groups in total. The first kappa shape index (κ1) is 11.1. The Kier molecular flexibility index (Phi) is 3.96. The van der Waals surface area contributed by atoms with Gasteiger partial charge >= 0.3 is 0 Å². The molecule has 2 heteroatoms. The molecule has 1 rings (SSSR count). The van der Waals surface area contributed by atoms with Gasteiger partial charge in [0.15, 0.2) is 0 Å². The molecule has 0 radical (unpaired) electrons. The minimum Gasteiger partial charge on any atom is -0.488 e. The maximum Gasteiger partial charge on any atom is 0.123 e. The Morgan fingerprint density at radius 1 is 1.29 bits per heavy atom. The molecule has 2 nitrogen and oxygen atoms in total. The van der Waals surface area contributed by atoms with Crippen LogP contribution in [0.5, 0.6) is 5.75 Å². The second kappa shape index (κ2) is 5.01. The van der Waals surface area contributed by atoms with Crippen molar-refractivity contribution in [1.29, 1.82) is 0 Å². The predicted molar refractivity (Wildman–Crippen MR) is 57.9 cm³/mol. The highest BCUT2D eigenvalue weighted by atomic mass is 16.5. The first-order chi connectivity index (χ1) is 6.65. The van der Waals surface area contributed by atoms with Crippen molar-refractivity contribution in [3.05, 3.63) is 29.3 Å². The molecule has 78 valence electrons. The van der Waals surface area contributed by atoms with Gasteiger partial charge in [-0.3, -0.25) is 0 Å². The molecule has 0 aromatic heterocycles. The molecule has 0 saturated carbocycles. The molecule has 1 aromatic carbocycles. The van der Waals surface area contributed by atoms with Crippen LogP contribution in [0.1, 0.15) is 18.1 Å². The topological polar surface area (TPSA) is 18.5 Å². The van der Waals surface area contributed by atoms with Gasteiger partial charge in [-0.25, -0.2) is 0 Å². The average molecular weight is 194 g/mol. The summed E-state index contributed by atoms with van der Waals surface area (Å²) in [6, 6.07) is 6.09. The SMILES string of the molecule is COCC(C)Oc1cccc(C)c1C. The van der Waals surface area contributed by atoms with Crippen LogP contribution in [0, 0.1) is 13.8 Å². The number of benzene rings is 1. The largest absolute Gasteiger partial charge is 0.488 e. The van der Waals surface area contributed by atoms with Crippen molar-refractivity contribution in [2.75, 3.05) is 13.7 Å². The lowest BCUT2D eigenvalue weighted by atomic mass is 10.1. The van der Waals surface area contributed by atoms with Crippen LogP contribution < -0.4 is 4.74 Å². The van der Waals surface area contributed by atoms with Crippen LogP contribution in [-0.2, 0) is 4.74 Å². The van der Waals surface area contributed by atoms with E-state index in [0.29, 0.717) is 6.61 Å². The van der Waals surface area contributed by atoms with Gasteiger partial charge in [-0.15, -0.1) is 0 Å². The molecule has 0 amide bonds. The van der Waals surface area contributed by atoms with Gasteiger partial charge in [0.1, 0.15) is 11.9 Å². The number of aryl methyl sites for hydroxylation is 1. The molecule has 0 aliphatic rings. The third-order valence-electron chi connectivity index (χ3n) is 2.28. The fourth-order valence-corrected chi connectivity index (χ4v) is 1.34. The highest BCUT2D eigenvalue weighted by Gasteiger charge is 2.06. The molecule has 0 aliphatic heterocycles. The van der Waals surface area contributed by atoms with E-state index in [1.54, 1.807) is 7.11 Å². The zero-order valence-corrected chi connectivity index (χ0v) is 9.33.